The molecule has 0 saturated carbocycles. The zero-order valence-corrected chi connectivity index (χ0v) is 14.5. The molecule has 23 heavy (non-hydrogen) atoms. The van der Waals surface area contributed by atoms with Gasteiger partial charge in [0.25, 0.3) is 5.91 Å². The number of rotatable bonds is 6. The van der Waals surface area contributed by atoms with Crippen LogP contribution in [0.5, 0.6) is 0 Å². The number of amides is 1. The Hall–Kier alpha value is -1.92. The molecule has 2 aromatic rings. The van der Waals surface area contributed by atoms with Crippen molar-refractivity contribution in [1.29, 1.82) is 0 Å². The summed E-state index contributed by atoms with van der Waals surface area (Å²) in [5, 5.41) is 8.39. The average molecular weight is 338 g/mol. The Morgan fingerprint density at radius 1 is 1.30 bits per heavy atom. The smallest absolute Gasteiger partial charge is 0.275 e. The maximum absolute atomic E-state index is 12.3. The van der Waals surface area contributed by atoms with Gasteiger partial charge in [-0.1, -0.05) is 32.0 Å². The summed E-state index contributed by atoms with van der Waals surface area (Å²) in [4.78, 5) is 15.4. The quantitative estimate of drug-likeness (QED) is 0.876. The summed E-state index contributed by atoms with van der Waals surface area (Å²) in [6.07, 6.45) is 2.26. The van der Waals surface area contributed by atoms with E-state index >= 15 is 0 Å². The first-order valence-corrected chi connectivity index (χ1v) is 7.48. The zero-order chi connectivity index (χ0) is 16.1. The van der Waals surface area contributed by atoms with Crippen LogP contribution >= 0.6 is 12.4 Å². The van der Waals surface area contributed by atoms with E-state index in [0.717, 1.165) is 12.1 Å². The number of para-hydroxylation sites is 1. The highest BCUT2D eigenvalue weighted by atomic mass is 35.5. The number of hydrogen-bond acceptors (Lipinski definition) is 4. The third-order valence-electron chi connectivity index (χ3n) is 3.70. The standard InChI is InChI=1S/C16H23N5O.ClH/c1-12(2)14(17)9-10-20(3)16(22)15-11-18-21(19-15)13-7-5-4-6-8-13;/h4-8,11-12,14H,9-10,17H2,1-3H3;1H. The van der Waals surface area contributed by atoms with Crippen molar-refractivity contribution in [3.05, 3.63) is 42.2 Å². The van der Waals surface area contributed by atoms with Crippen molar-refractivity contribution < 1.29 is 4.79 Å². The Morgan fingerprint density at radius 2 is 1.96 bits per heavy atom. The summed E-state index contributed by atoms with van der Waals surface area (Å²) < 4.78 is 0. The molecule has 1 atom stereocenters. The highest BCUT2D eigenvalue weighted by Crippen LogP contribution is 2.08. The molecule has 1 aromatic heterocycles. The first kappa shape index (κ1) is 19.1. The normalized spacial score (nSPS) is 11.9. The number of carbonyl (C=O) groups excluding carboxylic acids is 1. The van der Waals surface area contributed by atoms with Gasteiger partial charge in [0.2, 0.25) is 0 Å². The SMILES string of the molecule is CC(C)C(N)CCN(C)C(=O)c1cnn(-c2ccccc2)n1.Cl. The molecule has 1 heterocycles. The molecule has 1 unspecified atom stereocenters. The molecule has 6 nitrogen and oxygen atoms in total. The van der Waals surface area contributed by atoms with Crippen molar-refractivity contribution in [1.82, 2.24) is 19.9 Å². The van der Waals surface area contributed by atoms with Gasteiger partial charge in [0.1, 0.15) is 0 Å². The number of nitrogens with zero attached hydrogens (tertiary/aromatic N) is 4. The van der Waals surface area contributed by atoms with Crippen molar-refractivity contribution in [3.63, 3.8) is 0 Å². The van der Waals surface area contributed by atoms with Gasteiger partial charge in [-0.3, -0.25) is 4.79 Å². The fourth-order valence-corrected chi connectivity index (χ4v) is 2.02. The molecule has 126 valence electrons. The lowest BCUT2D eigenvalue weighted by Crippen LogP contribution is -2.34. The van der Waals surface area contributed by atoms with E-state index < -0.39 is 0 Å². The topological polar surface area (TPSA) is 77.0 Å². The van der Waals surface area contributed by atoms with Crippen molar-refractivity contribution in [2.75, 3.05) is 13.6 Å². The predicted octanol–water partition coefficient (Wildman–Crippen LogP) is 2.13. The van der Waals surface area contributed by atoms with Crippen LogP contribution in [0.25, 0.3) is 5.69 Å². The molecule has 1 amide bonds. The highest BCUT2D eigenvalue weighted by Gasteiger charge is 2.17. The number of carbonyl (C=O) groups is 1. The Bertz CT molecular complexity index is 614. The van der Waals surface area contributed by atoms with Crippen LogP contribution in [0.15, 0.2) is 36.5 Å². The van der Waals surface area contributed by atoms with Gasteiger partial charge in [-0.2, -0.15) is 9.90 Å². The molecular weight excluding hydrogens is 314 g/mol. The maximum Gasteiger partial charge on any atom is 0.275 e. The van der Waals surface area contributed by atoms with Gasteiger partial charge < -0.3 is 10.6 Å². The fraction of sp³-hybridized carbons (Fsp3) is 0.438. The van der Waals surface area contributed by atoms with Crippen molar-refractivity contribution >= 4 is 18.3 Å². The third kappa shape index (κ3) is 5.04. The minimum Gasteiger partial charge on any atom is -0.340 e. The lowest BCUT2D eigenvalue weighted by Gasteiger charge is -2.20. The fourth-order valence-electron chi connectivity index (χ4n) is 2.02. The minimum absolute atomic E-state index is 0. The van der Waals surface area contributed by atoms with Crippen LogP contribution < -0.4 is 5.73 Å². The molecule has 2 N–H and O–H groups in total. The number of halogens is 1. The van der Waals surface area contributed by atoms with E-state index in [-0.39, 0.29) is 24.4 Å². The second-order valence-corrected chi connectivity index (χ2v) is 5.78. The number of benzene rings is 1. The van der Waals surface area contributed by atoms with Crippen LogP contribution in [-0.2, 0) is 0 Å². The molecule has 0 bridgehead atoms. The van der Waals surface area contributed by atoms with Crippen molar-refractivity contribution in [2.45, 2.75) is 26.3 Å². The highest BCUT2D eigenvalue weighted by molar-refractivity contribution is 5.91. The molecule has 0 fully saturated rings. The molecule has 0 aliphatic rings. The average Bonchev–Trinajstić information content (AvgIpc) is 3.02. The van der Waals surface area contributed by atoms with Gasteiger partial charge in [0.15, 0.2) is 5.69 Å². The van der Waals surface area contributed by atoms with Crippen LogP contribution in [0.4, 0.5) is 0 Å². The Balaban J connectivity index is 0.00000264. The van der Waals surface area contributed by atoms with Gasteiger partial charge in [-0.25, -0.2) is 0 Å². The van der Waals surface area contributed by atoms with Crippen LogP contribution in [0.1, 0.15) is 30.8 Å². The van der Waals surface area contributed by atoms with E-state index in [1.807, 2.05) is 30.3 Å². The van der Waals surface area contributed by atoms with E-state index in [9.17, 15) is 4.79 Å². The minimum atomic E-state index is -0.141. The summed E-state index contributed by atoms with van der Waals surface area (Å²) >= 11 is 0. The predicted molar refractivity (Wildman–Crippen MR) is 93.0 cm³/mol. The maximum atomic E-state index is 12.3. The molecule has 2 rings (SSSR count). The second-order valence-electron chi connectivity index (χ2n) is 5.78. The van der Waals surface area contributed by atoms with Gasteiger partial charge in [0, 0.05) is 19.6 Å². The molecular formula is C16H24ClN5O. The molecule has 0 aliphatic heterocycles. The van der Waals surface area contributed by atoms with Gasteiger partial charge in [0.05, 0.1) is 11.9 Å². The monoisotopic (exact) mass is 337 g/mol. The van der Waals surface area contributed by atoms with Crippen LogP contribution in [0.3, 0.4) is 0 Å². The lowest BCUT2D eigenvalue weighted by molar-refractivity contribution is 0.0783. The van der Waals surface area contributed by atoms with E-state index in [1.54, 1.807) is 11.9 Å². The van der Waals surface area contributed by atoms with Crippen LogP contribution in [-0.4, -0.2) is 45.4 Å². The van der Waals surface area contributed by atoms with Crippen molar-refractivity contribution in [3.8, 4) is 5.69 Å². The third-order valence-corrected chi connectivity index (χ3v) is 3.70. The number of aromatic nitrogens is 3. The van der Waals surface area contributed by atoms with Crippen LogP contribution in [0.2, 0.25) is 0 Å². The zero-order valence-electron chi connectivity index (χ0n) is 13.7. The van der Waals surface area contributed by atoms with Gasteiger partial charge in [-0.05, 0) is 24.5 Å². The molecule has 0 radical (unpaired) electrons. The Morgan fingerprint density at radius 3 is 2.57 bits per heavy atom. The molecule has 0 spiro atoms. The Labute approximate surface area is 143 Å². The Kier molecular flexibility index (Phi) is 7.19. The second kappa shape index (κ2) is 8.64. The van der Waals surface area contributed by atoms with Gasteiger partial charge >= 0.3 is 0 Å². The lowest BCUT2D eigenvalue weighted by atomic mass is 10.0. The summed E-state index contributed by atoms with van der Waals surface area (Å²) in [7, 11) is 1.76. The van der Waals surface area contributed by atoms with E-state index in [0.29, 0.717) is 18.2 Å². The first-order chi connectivity index (χ1) is 10.5. The van der Waals surface area contributed by atoms with Crippen LogP contribution in [0, 0.1) is 5.92 Å². The summed E-state index contributed by atoms with van der Waals surface area (Å²) in [6.45, 7) is 4.77. The summed E-state index contributed by atoms with van der Waals surface area (Å²) in [6, 6.07) is 9.60. The summed E-state index contributed by atoms with van der Waals surface area (Å²) in [5.41, 5.74) is 7.18. The van der Waals surface area contributed by atoms with E-state index in [2.05, 4.69) is 24.0 Å². The largest absolute Gasteiger partial charge is 0.340 e. The van der Waals surface area contributed by atoms with E-state index in [4.69, 9.17) is 5.73 Å². The molecule has 7 heteroatoms. The van der Waals surface area contributed by atoms with Gasteiger partial charge in [-0.15, -0.1) is 17.5 Å². The molecule has 1 aromatic carbocycles. The number of nitrogens with two attached hydrogens (primary N) is 1. The number of hydrogen-bond donors (Lipinski definition) is 1. The molecule has 0 aliphatic carbocycles. The van der Waals surface area contributed by atoms with E-state index in [1.165, 1.54) is 11.0 Å². The van der Waals surface area contributed by atoms with Crippen molar-refractivity contribution in [2.24, 2.45) is 11.7 Å². The summed E-state index contributed by atoms with van der Waals surface area (Å²) in [5.74, 6) is 0.264. The molecule has 0 saturated heterocycles. The first-order valence-electron chi connectivity index (χ1n) is 7.48.